The van der Waals surface area contributed by atoms with Gasteiger partial charge in [-0.15, -0.1) is 0 Å². The number of rotatable bonds is 5. The van der Waals surface area contributed by atoms with Gasteiger partial charge in [0.25, 0.3) is 0 Å². The van der Waals surface area contributed by atoms with Crippen molar-refractivity contribution in [1.29, 1.82) is 0 Å². The second-order valence-corrected chi connectivity index (χ2v) is 5.08. The molecule has 1 heterocycles. The van der Waals surface area contributed by atoms with E-state index in [1.165, 1.54) is 13.2 Å². The Morgan fingerprint density at radius 2 is 2.15 bits per heavy atom. The molecule has 1 aromatic carbocycles. The molecule has 2 aromatic rings. The first-order valence-corrected chi connectivity index (χ1v) is 6.56. The number of halogens is 2. The van der Waals surface area contributed by atoms with Crippen molar-refractivity contribution in [2.24, 2.45) is 7.05 Å². The van der Waals surface area contributed by atoms with Crippen molar-refractivity contribution in [3.8, 4) is 5.75 Å². The van der Waals surface area contributed by atoms with Crippen LogP contribution < -0.4 is 4.74 Å². The van der Waals surface area contributed by atoms with Gasteiger partial charge in [-0.25, -0.2) is 9.37 Å². The molecule has 0 atom stereocenters. The second-order valence-electron chi connectivity index (χ2n) is 4.70. The molecule has 0 fully saturated rings. The average Bonchev–Trinajstić information content (AvgIpc) is 2.71. The number of hydrogen-bond donors (Lipinski definition) is 0. The molecule has 20 heavy (non-hydrogen) atoms. The van der Waals surface area contributed by atoms with Crippen LogP contribution in [0, 0.1) is 5.82 Å². The molecule has 6 heteroatoms. The second kappa shape index (κ2) is 6.24. The Hall–Kier alpha value is -1.59. The summed E-state index contributed by atoms with van der Waals surface area (Å²) in [6.07, 6.45) is 1.62. The number of benzene rings is 1. The minimum atomic E-state index is -0.349. The molecule has 0 bridgehead atoms. The smallest absolute Gasteiger partial charge is 0.165 e. The minimum Gasteiger partial charge on any atom is -0.494 e. The van der Waals surface area contributed by atoms with Crippen LogP contribution in [0.4, 0.5) is 4.39 Å². The summed E-state index contributed by atoms with van der Waals surface area (Å²) in [5, 5.41) is 0.601. The molecule has 0 spiro atoms. The van der Waals surface area contributed by atoms with Crippen LogP contribution in [0.3, 0.4) is 0 Å². The van der Waals surface area contributed by atoms with Crippen molar-refractivity contribution in [2.75, 3.05) is 14.2 Å². The van der Waals surface area contributed by atoms with Crippen LogP contribution in [0.1, 0.15) is 11.4 Å². The van der Waals surface area contributed by atoms with Gasteiger partial charge < -0.3 is 9.30 Å². The number of hydrogen-bond acceptors (Lipinski definition) is 3. The van der Waals surface area contributed by atoms with Gasteiger partial charge in [0.05, 0.1) is 19.9 Å². The Morgan fingerprint density at radius 3 is 2.70 bits per heavy atom. The molecular formula is C14H17ClFN3O. The van der Waals surface area contributed by atoms with E-state index in [9.17, 15) is 4.39 Å². The Kier molecular flexibility index (Phi) is 4.62. The molecule has 0 radical (unpaired) electrons. The fourth-order valence-electron chi connectivity index (χ4n) is 1.99. The zero-order valence-corrected chi connectivity index (χ0v) is 12.5. The minimum absolute atomic E-state index is 0.257. The first-order valence-electron chi connectivity index (χ1n) is 6.18. The topological polar surface area (TPSA) is 30.3 Å². The summed E-state index contributed by atoms with van der Waals surface area (Å²) in [5.41, 5.74) is 0.881. The van der Waals surface area contributed by atoms with E-state index in [0.29, 0.717) is 18.2 Å². The maximum absolute atomic E-state index is 13.6. The van der Waals surface area contributed by atoms with Crippen molar-refractivity contribution in [1.82, 2.24) is 14.5 Å². The van der Waals surface area contributed by atoms with Gasteiger partial charge in [0, 0.05) is 13.6 Å². The van der Waals surface area contributed by atoms with Crippen LogP contribution in [0.2, 0.25) is 5.15 Å². The molecule has 2 rings (SSSR count). The van der Waals surface area contributed by atoms with E-state index >= 15 is 0 Å². The Labute approximate surface area is 122 Å². The summed E-state index contributed by atoms with van der Waals surface area (Å²) < 4.78 is 20.3. The van der Waals surface area contributed by atoms with Crippen LogP contribution in [0.15, 0.2) is 24.4 Å². The van der Waals surface area contributed by atoms with Gasteiger partial charge in [0.1, 0.15) is 11.0 Å². The number of imidazole rings is 1. The molecule has 1 aromatic heterocycles. The zero-order chi connectivity index (χ0) is 14.7. The van der Waals surface area contributed by atoms with Crippen LogP contribution in [0.25, 0.3) is 0 Å². The van der Waals surface area contributed by atoms with E-state index in [-0.39, 0.29) is 11.6 Å². The summed E-state index contributed by atoms with van der Waals surface area (Å²) in [6.45, 7) is 1.25. The molecule has 0 N–H and O–H groups in total. The van der Waals surface area contributed by atoms with Gasteiger partial charge in [-0.3, -0.25) is 4.90 Å². The van der Waals surface area contributed by atoms with Crippen LogP contribution >= 0.6 is 11.6 Å². The molecule has 0 aliphatic heterocycles. The quantitative estimate of drug-likeness (QED) is 0.850. The van der Waals surface area contributed by atoms with Gasteiger partial charge >= 0.3 is 0 Å². The summed E-state index contributed by atoms with van der Waals surface area (Å²) in [6, 6.07) is 4.97. The van der Waals surface area contributed by atoms with Gasteiger partial charge in [-0.05, 0) is 24.7 Å². The van der Waals surface area contributed by atoms with E-state index in [1.807, 2.05) is 29.6 Å². The summed E-state index contributed by atoms with van der Waals surface area (Å²) in [4.78, 5) is 6.28. The van der Waals surface area contributed by atoms with E-state index in [4.69, 9.17) is 16.3 Å². The molecular weight excluding hydrogens is 281 g/mol. The highest BCUT2D eigenvalue weighted by Gasteiger charge is 2.10. The molecule has 0 aliphatic rings. The highest BCUT2D eigenvalue weighted by molar-refractivity contribution is 6.29. The first-order chi connectivity index (χ1) is 9.51. The largest absolute Gasteiger partial charge is 0.494 e. The molecule has 0 saturated heterocycles. The third-order valence-corrected chi connectivity index (χ3v) is 3.46. The lowest BCUT2D eigenvalue weighted by Crippen LogP contribution is -2.19. The van der Waals surface area contributed by atoms with Crippen molar-refractivity contribution in [3.63, 3.8) is 0 Å². The predicted molar refractivity (Wildman–Crippen MR) is 76.3 cm³/mol. The fourth-order valence-corrected chi connectivity index (χ4v) is 2.13. The summed E-state index contributed by atoms with van der Waals surface area (Å²) in [7, 11) is 5.27. The molecule has 4 nitrogen and oxygen atoms in total. The zero-order valence-electron chi connectivity index (χ0n) is 11.7. The maximum atomic E-state index is 13.6. The van der Waals surface area contributed by atoms with Crippen LogP contribution in [-0.2, 0) is 20.1 Å². The SMILES string of the molecule is COc1ccc(CN(C)Cc2ncc(Cl)n2C)cc1F. The van der Waals surface area contributed by atoms with Gasteiger partial charge in [0.15, 0.2) is 11.6 Å². The molecule has 0 saturated carbocycles. The molecule has 0 unspecified atom stereocenters. The van der Waals surface area contributed by atoms with E-state index in [0.717, 1.165) is 11.4 Å². The van der Waals surface area contributed by atoms with Gasteiger partial charge in [0.2, 0.25) is 0 Å². The lowest BCUT2D eigenvalue weighted by Gasteiger charge is -2.17. The predicted octanol–water partition coefficient (Wildman–Crippen LogP) is 2.85. The highest BCUT2D eigenvalue weighted by atomic mass is 35.5. The lowest BCUT2D eigenvalue weighted by atomic mass is 10.2. The third-order valence-electron chi connectivity index (χ3n) is 3.11. The van der Waals surface area contributed by atoms with Gasteiger partial charge in [-0.1, -0.05) is 17.7 Å². The Morgan fingerprint density at radius 1 is 1.40 bits per heavy atom. The van der Waals surface area contributed by atoms with Crippen molar-refractivity contribution >= 4 is 11.6 Å². The summed E-state index contributed by atoms with van der Waals surface area (Å²) >= 11 is 5.95. The van der Waals surface area contributed by atoms with Crippen LogP contribution in [0.5, 0.6) is 5.75 Å². The van der Waals surface area contributed by atoms with E-state index in [2.05, 4.69) is 4.98 Å². The molecule has 108 valence electrons. The molecule has 0 aliphatic carbocycles. The van der Waals surface area contributed by atoms with E-state index < -0.39 is 0 Å². The van der Waals surface area contributed by atoms with Crippen LogP contribution in [-0.4, -0.2) is 28.6 Å². The highest BCUT2D eigenvalue weighted by Crippen LogP contribution is 2.19. The van der Waals surface area contributed by atoms with Crippen molar-refractivity contribution < 1.29 is 9.13 Å². The van der Waals surface area contributed by atoms with Crippen molar-refractivity contribution in [3.05, 3.63) is 46.8 Å². The lowest BCUT2D eigenvalue weighted by molar-refractivity contribution is 0.306. The Balaban J connectivity index is 2.02. The standard InChI is InChI=1S/C14H17ClFN3O/c1-18(9-14-17-7-13(15)19(14)2)8-10-4-5-12(20-3)11(16)6-10/h4-7H,8-9H2,1-3H3. The molecule has 0 amide bonds. The number of aromatic nitrogens is 2. The third kappa shape index (κ3) is 3.29. The van der Waals surface area contributed by atoms with Crippen molar-refractivity contribution in [2.45, 2.75) is 13.1 Å². The van der Waals surface area contributed by atoms with Gasteiger partial charge in [-0.2, -0.15) is 0 Å². The normalized spacial score (nSPS) is 11.1. The number of ether oxygens (including phenoxy) is 1. The Bertz CT molecular complexity index is 600. The fraction of sp³-hybridized carbons (Fsp3) is 0.357. The summed E-state index contributed by atoms with van der Waals surface area (Å²) in [5.74, 6) is 0.775. The monoisotopic (exact) mass is 297 g/mol. The average molecular weight is 298 g/mol. The van der Waals surface area contributed by atoms with E-state index in [1.54, 1.807) is 12.3 Å². The maximum Gasteiger partial charge on any atom is 0.165 e. The first kappa shape index (κ1) is 14.8. The number of methoxy groups -OCH3 is 1. The number of nitrogens with zero attached hydrogens (tertiary/aromatic N) is 3.